The molecule has 5 nitrogen and oxygen atoms in total. The summed E-state index contributed by atoms with van der Waals surface area (Å²) in [5, 5.41) is 5.94. The minimum atomic E-state index is 0.605. The Hall–Kier alpha value is -5.63. The molecule has 0 saturated heterocycles. The third-order valence-corrected chi connectivity index (χ3v) is 11.6. The van der Waals surface area contributed by atoms with Crippen LogP contribution in [0, 0.1) is 0 Å². The average molecular weight is 628 g/mol. The van der Waals surface area contributed by atoms with Gasteiger partial charge in [-0.3, -0.25) is 4.98 Å². The molecule has 218 valence electrons. The lowest BCUT2D eigenvalue weighted by Crippen LogP contribution is -2.05. The number of pyridine rings is 1. The van der Waals surface area contributed by atoms with Gasteiger partial charge in [0.1, 0.15) is 5.52 Å². The van der Waals surface area contributed by atoms with Crippen molar-refractivity contribution in [2.24, 2.45) is 0 Å². The van der Waals surface area contributed by atoms with Gasteiger partial charge in [0.15, 0.2) is 0 Å². The molecule has 4 N–H and O–H groups in total. The number of anilines is 2. The summed E-state index contributed by atoms with van der Waals surface area (Å²) in [5.41, 5.74) is 22.3. The van der Waals surface area contributed by atoms with Crippen molar-refractivity contribution >= 4 is 96.3 Å². The summed E-state index contributed by atoms with van der Waals surface area (Å²) in [6.07, 6.45) is 1.81. The average Bonchev–Trinajstić information content (AvgIpc) is 3.83. The molecule has 0 aliphatic carbocycles. The molecule has 10 aromatic rings. The number of hydrogen-bond acceptors (Lipinski definition) is 5. The smallest absolute Gasteiger partial charge is 0.112 e. The van der Waals surface area contributed by atoms with Crippen LogP contribution >= 0.6 is 22.7 Å². The van der Waals surface area contributed by atoms with Gasteiger partial charge in [0, 0.05) is 42.5 Å². The van der Waals surface area contributed by atoms with Crippen molar-refractivity contribution in [2.75, 3.05) is 11.5 Å². The number of hydrogen-bond donors (Lipinski definition) is 2. The van der Waals surface area contributed by atoms with Crippen molar-refractivity contribution in [3.63, 3.8) is 0 Å². The van der Waals surface area contributed by atoms with Gasteiger partial charge in [0.25, 0.3) is 0 Å². The van der Waals surface area contributed by atoms with Crippen LogP contribution in [-0.2, 0) is 0 Å². The van der Waals surface area contributed by atoms with E-state index in [1.54, 1.807) is 11.3 Å². The van der Waals surface area contributed by atoms with E-state index in [0.717, 1.165) is 44.7 Å². The monoisotopic (exact) mass is 627 g/mol. The molecule has 5 heterocycles. The number of nitrogens with two attached hydrogens (primary N) is 2. The molecule has 0 radical (unpaired) electrons. The Morgan fingerprint density at radius 1 is 0.457 bits per heavy atom. The molecule has 0 spiro atoms. The van der Waals surface area contributed by atoms with Gasteiger partial charge in [-0.05, 0) is 42.5 Å². The summed E-state index contributed by atoms with van der Waals surface area (Å²) < 4.78 is 9.50. The lowest BCUT2D eigenvalue weighted by atomic mass is 10.1. The zero-order chi connectivity index (χ0) is 30.5. The third kappa shape index (κ3) is 3.36. The first-order valence-electron chi connectivity index (χ1n) is 15.1. The van der Waals surface area contributed by atoms with E-state index in [0.29, 0.717) is 11.4 Å². The van der Waals surface area contributed by atoms with Crippen molar-refractivity contribution in [1.82, 2.24) is 14.1 Å². The first-order chi connectivity index (χ1) is 22.7. The van der Waals surface area contributed by atoms with E-state index in [2.05, 4.69) is 118 Å². The molecule has 0 amide bonds. The number of nitrogen functional groups attached to an aromatic ring is 2. The summed E-state index contributed by atoms with van der Waals surface area (Å²) in [6.45, 7) is 0. The molecule has 0 aliphatic rings. The zero-order valence-electron chi connectivity index (χ0n) is 24.4. The molecule has 46 heavy (non-hydrogen) atoms. The molecule has 0 atom stereocenters. The Kier molecular flexibility index (Phi) is 5.27. The third-order valence-electron chi connectivity index (χ3n) is 9.15. The van der Waals surface area contributed by atoms with Crippen molar-refractivity contribution in [3.8, 4) is 22.8 Å². The SMILES string of the molecule is Nc1c(-c2c(N)c3ncccc3n2-c2cccc3c2sc2ccccc23)n(-c2cccc3c2sc2ccccc23)c2ccccc12. The lowest BCUT2D eigenvalue weighted by Gasteiger charge is -2.17. The Balaban J connectivity index is 1.39. The molecule has 5 aromatic carbocycles. The quantitative estimate of drug-likeness (QED) is 0.205. The maximum Gasteiger partial charge on any atom is 0.112 e. The summed E-state index contributed by atoms with van der Waals surface area (Å²) in [4.78, 5) is 4.81. The highest BCUT2D eigenvalue weighted by molar-refractivity contribution is 7.26. The summed E-state index contributed by atoms with van der Waals surface area (Å²) >= 11 is 3.61. The minimum absolute atomic E-state index is 0.605. The van der Waals surface area contributed by atoms with Crippen LogP contribution in [0.25, 0.3) is 85.0 Å². The van der Waals surface area contributed by atoms with Gasteiger partial charge in [-0.15, -0.1) is 22.7 Å². The molecule has 0 saturated carbocycles. The van der Waals surface area contributed by atoms with E-state index in [4.69, 9.17) is 16.5 Å². The molecule has 0 bridgehead atoms. The van der Waals surface area contributed by atoms with E-state index >= 15 is 0 Å². The van der Waals surface area contributed by atoms with Gasteiger partial charge in [-0.25, -0.2) is 0 Å². The summed E-state index contributed by atoms with van der Waals surface area (Å²) in [7, 11) is 0. The first kappa shape index (κ1) is 25.7. The number of fused-ring (bicyclic) bond motifs is 8. The highest BCUT2D eigenvalue weighted by atomic mass is 32.1. The van der Waals surface area contributed by atoms with Gasteiger partial charge in [0.05, 0.1) is 54.6 Å². The highest BCUT2D eigenvalue weighted by Crippen LogP contribution is 2.48. The van der Waals surface area contributed by atoms with E-state index < -0.39 is 0 Å². The van der Waals surface area contributed by atoms with Gasteiger partial charge in [-0.2, -0.15) is 0 Å². The van der Waals surface area contributed by atoms with E-state index in [1.165, 1.54) is 40.3 Å². The van der Waals surface area contributed by atoms with Crippen LogP contribution in [0.1, 0.15) is 0 Å². The van der Waals surface area contributed by atoms with Crippen molar-refractivity contribution in [2.45, 2.75) is 0 Å². The predicted molar refractivity (Wildman–Crippen MR) is 198 cm³/mol. The second kappa shape index (κ2) is 9.44. The molecular formula is C39H25N5S2. The van der Waals surface area contributed by atoms with Gasteiger partial charge >= 0.3 is 0 Å². The van der Waals surface area contributed by atoms with Crippen LogP contribution in [-0.4, -0.2) is 14.1 Å². The topological polar surface area (TPSA) is 74.8 Å². The van der Waals surface area contributed by atoms with Gasteiger partial charge in [0.2, 0.25) is 0 Å². The molecule has 0 fully saturated rings. The number of thiophene rings is 2. The van der Waals surface area contributed by atoms with E-state index in [1.807, 2.05) is 29.7 Å². The van der Waals surface area contributed by atoms with Crippen LogP contribution in [0.5, 0.6) is 0 Å². The molecule has 5 aromatic heterocycles. The Labute approximate surface area is 271 Å². The predicted octanol–water partition coefficient (Wildman–Crippen LogP) is 10.5. The lowest BCUT2D eigenvalue weighted by molar-refractivity contribution is 1.09. The first-order valence-corrected chi connectivity index (χ1v) is 16.8. The van der Waals surface area contributed by atoms with Crippen molar-refractivity contribution < 1.29 is 0 Å². The molecule has 10 rings (SSSR count). The fourth-order valence-corrected chi connectivity index (χ4v) is 9.60. The van der Waals surface area contributed by atoms with E-state index in [9.17, 15) is 0 Å². The van der Waals surface area contributed by atoms with Crippen LogP contribution in [0.3, 0.4) is 0 Å². The normalized spacial score (nSPS) is 12.1. The van der Waals surface area contributed by atoms with Gasteiger partial charge in [-0.1, -0.05) is 78.9 Å². The summed E-state index contributed by atoms with van der Waals surface area (Å²) in [6, 6.07) is 42.7. The maximum atomic E-state index is 7.24. The Morgan fingerprint density at radius 3 is 1.61 bits per heavy atom. The number of para-hydroxylation sites is 1. The van der Waals surface area contributed by atoms with Crippen molar-refractivity contribution in [3.05, 3.63) is 128 Å². The second-order valence-electron chi connectivity index (χ2n) is 11.6. The number of nitrogens with zero attached hydrogens (tertiary/aromatic N) is 3. The molecule has 7 heteroatoms. The van der Waals surface area contributed by atoms with E-state index in [-0.39, 0.29) is 0 Å². The molecule has 0 unspecified atom stereocenters. The largest absolute Gasteiger partial charge is 0.396 e. The van der Waals surface area contributed by atoms with Crippen LogP contribution in [0.15, 0.2) is 128 Å². The molecule has 0 aliphatic heterocycles. The van der Waals surface area contributed by atoms with Crippen LogP contribution < -0.4 is 11.5 Å². The maximum absolute atomic E-state index is 7.24. The van der Waals surface area contributed by atoms with Crippen LogP contribution in [0.4, 0.5) is 11.4 Å². The fourth-order valence-electron chi connectivity index (χ4n) is 7.19. The minimum Gasteiger partial charge on any atom is -0.396 e. The standard InChI is InChI=1S/C39H25N5S2/c40-33-26-12-1-4-15-27(26)43(29-16-7-13-24-22-10-2-5-19-31(22)45-38(24)29)36(33)37-34(41)35-28(18-9-21-42-35)44(37)30-17-8-14-25-23-11-3-6-20-32(23)46-39(25)30/h1-21H,40-41H2. The fraction of sp³-hybridized carbons (Fsp3) is 0. The highest BCUT2D eigenvalue weighted by Gasteiger charge is 2.28. The van der Waals surface area contributed by atoms with Crippen LogP contribution in [0.2, 0.25) is 0 Å². The van der Waals surface area contributed by atoms with Gasteiger partial charge < -0.3 is 20.6 Å². The Bertz CT molecular complexity index is 2650. The second-order valence-corrected chi connectivity index (χ2v) is 13.7. The van der Waals surface area contributed by atoms with Crippen molar-refractivity contribution in [1.29, 1.82) is 0 Å². The number of benzene rings is 5. The zero-order valence-corrected chi connectivity index (χ0v) is 26.1. The number of aromatic nitrogens is 3. The Morgan fingerprint density at radius 2 is 0.957 bits per heavy atom. The number of rotatable bonds is 3. The molecular weight excluding hydrogens is 603 g/mol. The summed E-state index contributed by atoms with van der Waals surface area (Å²) in [5.74, 6) is 0.